The Morgan fingerprint density at radius 3 is 2.52 bits per heavy atom. The maximum Gasteiger partial charge on any atom is 0.322 e. The maximum absolute atomic E-state index is 12.7. The first-order chi connectivity index (χ1) is 12.0. The molecule has 2 heterocycles. The van der Waals surface area contributed by atoms with Gasteiger partial charge < -0.3 is 0 Å². The molecule has 0 atom stereocenters. The second-order valence-corrected chi connectivity index (χ2v) is 6.13. The molecule has 1 aliphatic rings. The molecular formula is C17H17F2N6+. The molecule has 128 valence electrons. The van der Waals surface area contributed by atoms with Crippen molar-refractivity contribution in [2.75, 3.05) is 11.6 Å². The minimum absolute atomic E-state index is 0.0363. The number of halogens is 2. The lowest BCUT2D eigenvalue weighted by molar-refractivity contribution is -0.623. The summed E-state index contributed by atoms with van der Waals surface area (Å²) in [5.41, 5.74) is 8.55. The Labute approximate surface area is 142 Å². The summed E-state index contributed by atoms with van der Waals surface area (Å²) >= 11 is 0. The predicted molar refractivity (Wildman–Crippen MR) is 88.9 cm³/mol. The van der Waals surface area contributed by atoms with Crippen molar-refractivity contribution in [3.05, 3.63) is 48.4 Å². The van der Waals surface area contributed by atoms with E-state index in [9.17, 15) is 8.78 Å². The number of anilines is 1. The fraction of sp³-hybridized carbons (Fsp3) is 0.235. The van der Waals surface area contributed by atoms with Gasteiger partial charge in [-0.3, -0.25) is 16.3 Å². The lowest BCUT2D eigenvalue weighted by atomic mass is 10.1. The summed E-state index contributed by atoms with van der Waals surface area (Å²) in [5.74, 6) is 6.27. The van der Waals surface area contributed by atoms with E-state index in [1.54, 1.807) is 24.5 Å². The molecule has 0 radical (unpaired) electrons. The quantitative estimate of drug-likeness (QED) is 0.563. The normalized spacial score (nSPS) is 14.2. The molecule has 0 amide bonds. The predicted octanol–water partition coefficient (Wildman–Crippen LogP) is 2.47. The Morgan fingerprint density at radius 2 is 1.88 bits per heavy atom. The van der Waals surface area contributed by atoms with Crippen LogP contribution in [0.3, 0.4) is 0 Å². The molecule has 2 aromatic heterocycles. The highest BCUT2D eigenvalue weighted by molar-refractivity contribution is 5.70. The molecule has 0 unspecified atom stereocenters. The van der Waals surface area contributed by atoms with Gasteiger partial charge in [-0.05, 0) is 12.8 Å². The fourth-order valence-electron chi connectivity index (χ4n) is 2.68. The zero-order valence-electron chi connectivity index (χ0n) is 13.3. The number of nitrogens with zero attached hydrogens (tertiary/aromatic N) is 4. The van der Waals surface area contributed by atoms with E-state index in [-0.39, 0.29) is 5.56 Å². The van der Waals surface area contributed by atoms with Crippen LogP contribution in [0.1, 0.15) is 30.9 Å². The summed E-state index contributed by atoms with van der Waals surface area (Å²) in [4.78, 5) is 4.57. The second-order valence-electron chi connectivity index (χ2n) is 6.13. The first kappa shape index (κ1) is 15.5. The molecule has 25 heavy (non-hydrogen) atoms. The van der Waals surface area contributed by atoms with Gasteiger partial charge in [0.2, 0.25) is 0 Å². The Bertz CT molecular complexity index is 915. The van der Waals surface area contributed by atoms with Crippen LogP contribution in [0, 0.1) is 0 Å². The van der Waals surface area contributed by atoms with Crippen molar-refractivity contribution in [2.45, 2.75) is 25.3 Å². The molecule has 1 fully saturated rings. The van der Waals surface area contributed by atoms with Gasteiger partial charge in [0.1, 0.15) is 11.9 Å². The van der Waals surface area contributed by atoms with E-state index in [1.165, 1.54) is 16.8 Å². The Morgan fingerprint density at radius 1 is 1.16 bits per heavy atom. The third kappa shape index (κ3) is 2.90. The third-order valence-corrected chi connectivity index (χ3v) is 4.27. The standard InChI is InChI=1S/C17H16F2N6/c18-16(19)11-3-1-10(2-4-11)14-9-24(21)17(20)15(23-14)12-7-22-25(8-12)13-5-6-13/h1-4,7-9,13,16,20H,5-6,21H2/p+1. The highest BCUT2D eigenvalue weighted by Gasteiger charge is 2.26. The van der Waals surface area contributed by atoms with Crippen LogP contribution in [0.5, 0.6) is 0 Å². The van der Waals surface area contributed by atoms with Crippen LogP contribution in [0.15, 0.2) is 42.9 Å². The van der Waals surface area contributed by atoms with E-state index in [1.807, 2.05) is 10.9 Å². The van der Waals surface area contributed by atoms with E-state index < -0.39 is 6.43 Å². The molecule has 6 nitrogen and oxygen atoms in total. The molecule has 0 bridgehead atoms. The summed E-state index contributed by atoms with van der Waals surface area (Å²) in [6.07, 6.45) is 4.92. The van der Waals surface area contributed by atoms with Crippen molar-refractivity contribution < 1.29 is 13.5 Å². The zero-order chi connectivity index (χ0) is 17.6. The van der Waals surface area contributed by atoms with Crippen molar-refractivity contribution >= 4 is 5.82 Å². The number of rotatable bonds is 4. The van der Waals surface area contributed by atoms with E-state index in [0.717, 1.165) is 18.4 Å². The minimum atomic E-state index is -2.50. The van der Waals surface area contributed by atoms with E-state index in [2.05, 4.69) is 10.1 Å². The molecule has 1 saturated carbocycles. The van der Waals surface area contributed by atoms with Gasteiger partial charge >= 0.3 is 5.82 Å². The lowest BCUT2D eigenvalue weighted by Gasteiger charge is -2.07. The highest BCUT2D eigenvalue weighted by atomic mass is 19.3. The van der Waals surface area contributed by atoms with Gasteiger partial charge in [0.05, 0.1) is 12.2 Å². The number of alkyl halides is 2. The van der Waals surface area contributed by atoms with Crippen LogP contribution in [0.4, 0.5) is 14.6 Å². The van der Waals surface area contributed by atoms with Crippen LogP contribution < -0.4 is 16.3 Å². The molecule has 4 rings (SSSR count). The lowest BCUT2D eigenvalue weighted by Crippen LogP contribution is -2.47. The van der Waals surface area contributed by atoms with Crippen molar-refractivity contribution in [1.29, 1.82) is 0 Å². The van der Waals surface area contributed by atoms with Gasteiger partial charge in [-0.25, -0.2) is 13.8 Å². The number of hydrogen-bond acceptors (Lipinski definition) is 4. The van der Waals surface area contributed by atoms with Gasteiger partial charge in [0.15, 0.2) is 5.69 Å². The van der Waals surface area contributed by atoms with Crippen LogP contribution in [0.25, 0.3) is 22.5 Å². The Kier molecular flexibility index (Phi) is 3.60. The number of nitrogen functional groups attached to an aromatic ring is 2. The first-order valence-electron chi connectivity index (χ1n) is 7.93. The van der Waals surface area contributed by atoms with Crippen molar-refractivity contribution in [2.24, 2.45) is 0 Å². The fourth-order valence-corrected chi connectivity index (χ4v) is 2.68. The summed E-state index contributed by atoms with van der Waals surface area (Å²) in [5, 5.41) is 4.35. The average Bonchev–Trinajstić information content (AvgIpc) is 3.35. The third-order valence-electron chi connectivity index (χ3n) is 4.27. The molecule has 8 heteroatoms. The molecular weight excluding hydrogens is 326 g/mol. The molecule has 4 N–H and O–H groups in total. The highest BCUT2D eigenvalue weighted by Crippen LogP contribution is 2.35. The summed E-state index contributed by atoms with van der Waals surface area (Å²) < 4.78 is 28.6. The number of benzene rings is 1. The molecule has 0 aliphatic heterocycles. The van der Waals surface area contributed by atoms with Crippen molar-refractivity contribution in [3.8, 4) is 22.5 Å². The van der Waals surface area contributed by atoms with Gasteiger partial charge in [-0.15, -0.1) is 4.68 Å². The van der Waals surface area contributed by atoms with Crippen LogP contribution >= 0.6 is 0 Å². The van der Waals surface area contributed by atoms with Crippen molar-refractivity contribution in [1.82, 2.24) is 14.8 Å². The monoisotopic (exact) mass is 343 g/mol. The van der Waals surface area contributed by atoms with Crippen LogP contribution in [-0.2, 0) is 0 Å². The molecule has 0 saturated heterocycles. The summed E-state index contributed by atoms with van der Waals surface area (Å²) in [7, 11) is 0. The van der Waals surface area contributed by atoms with Gasteiger partial charge in [-0.1, -0.05) is 24.3 Å². The first-order valence-corrected chi connectivity index (χ1v) is 7.93. The average molecular weight is 343 g/mol. The second kappa shape index (κ2) is 5.80. The minimum Gasteiger partial charge on any atom is -0.283 e. The van der Waals surface area contributed by atoms with Crippen LogP contribution in [-0.4, -0.2) is 14.8 Å². The molecule has 1 aromatic carbocycles. The Balaban J connectivity index is 1.75. The number of hydrogen-bond donors (Lipinski definition) is 2. The van der Waals surface area contributed by atoms with E-state index in [0.29, 0.717) is 28.8 Å². The molecule has 0 spiro atoms. The Hall–Kier alpha value is -3.03. The maximum atomic E-state index is 12.7. The van der Waals surface area contributed by atoms with E-state index >= 15 is 0 Å². The summed E-state index contributed by atoms with van der Waals surface area (Å²) in [6.45, 7) is 0. The van der Waals surface area contributed by atoms with Gasteiger partial charge in [0.25, 0.3) is 6.43 Å². The molecule has 1 aliphatic carbocycles. The van der Waals surface area contributed by atoms with Crippen molar-refractivity contribution in [3.63, 3.8) is 0 Å². The zero-order valence-corrected chi connectivity index (χ0v) is 13.3. The topological polar surface area (TPSA) is 86.6 Å². The SMILES string of the molecule is Nc1c(-c2cnn(C3CC3)c2)nc(-c2ccc(C(F)F)cc2)c[n+]1N. The largest absolute Gasteiger partial charge is 0.322 e. The van der Waals surface area contributed by atoms with Gasteiger partial charge in [-0.2, -0.15) is 5.10 Å². The smallest absolute Gasteiger partial charge is 0.283 e. The summed E-state index contributed by atoms with van der Waals surface area (Å²) in [6, 6.07) is 6.40. The number of nitrogens with two attached hydrogens (primary N) is 2. The van der Waals surface area contributed by atoms with Crippen LogP contribution in [0.2, 0.25) is 0 Å². The van der Waals surface area contributed by atoms with Gasteiger partial charge in [0, 0.05) is 22.9 Å². The van der Waals surface area contributed by atoms with E-state index in [4.69, 9.17) is 11.6 Å². The number of aromatic nitrogens is 4. The molecule has 3 aromatic rings.